The standard InChI is InChI=1S/C15H18F8N4O2S/c1-7(8-2-4-9(5-3-8)30(19,20,21,22)23)27-12-11(13(28)25-14(29)24-12)10(26-27)6-15(16,17)18/h2-5,7,10-12,14,24,26,29H,6H2,1H3,(H,25,28). The number of nitrogens with one attached hydrogen (secondary N) is 3. The Bertz CT molecular complexity index is 832. The summed E-state index contributed by atoms with van der Waals surface area (Å²) in [6, 6.07) is -0.389. The molecule has 2 aliphatic rings. The minimum atomic E-state index is -9.87. The highest BCUT2D eigenvalue weighted by Crippen LogP contribution is 3.02. The van der Waals surface area contributed by atoms with Gasteiger partial charge in [-0.1, -0.05) is 31.6 Å². The van der Waals surface area contributed by atoms with E-state index < -0.39 is 64.1 Å². The largest absolute Gasteiger partial charge is 0.390 e. The number of halogens is 8. The second-order valence-corrected chi connectivity index (χ2v) is 9.63. The molecule has 4 N–H and O–H groups in total. The molecule has 2 heterocycles. The number of rotatable bonds is 4. The van der Waals surface area contributed by atoms with E-state index in [1.807, 2.05) is 0 Å². The Morgan fingerprint density at radius 1 is 1.13 bits per heavy atom. The molecule has 1 amide bonds. The Kier molecular flexibility index (Phi) is 4.92. The summed E-state index contributed by atoms with van der Waals surface area (Å²) >= 11 is 0. The predicted molar refractivity (Wildman–Crippen MR) is 90.3 cm³/mol. The Morgan fingerprint density at radius 2 is 1.70 bits per heavy atom. The summed E-state index contributed by atoms with van der Waals surface area (Å²) in [4.78, 5) is 10.1. The van der Waals surface area contributed by atoms with Gasteiger partial charge in [0, 0.05) is 12.1 Å². The van der Waals surface area contributed by atoms with Gasteiger partial charge >= 0.3 is 16.4 Å². The number of hydrogen-bond donors (Lipinski definition) is 4. The lowest BCUT2D eigenvalue weighted by Gasteiger charge is -2.41. The fraction of sp³-hybridized carbons (Fsp3) is 0.533. The first-order valence-corrected chi connectivity index (χ1v) is 10.5. The van der Waals surface area contributed by atoms with Crippen molar-refractivity contribution in [2.45, 2.75) is 49.0 Å². The zero-order valence-electron chi connectivity index (χ0n) is 15.1. The molecule has 172 valence electrons. The summed E-state index contributed by atoms with van der Waals surface area (Å²) in [6.07, 6.45) is -8.70. The number of fused-ring (bicyclic) bond motifs is 1. The minimum Gasteiger partial charge on any atom is -0.361 e. The van der Waals surface area contributed by atoms with E-state index in [0.29, 0.717) is 0 Å². The lowest BCUT2D eigenvalue weighted by molar-refractivity contribution is -0.147. The third kappa shape index (κ3) is 4.80. The van der Waals surface area contributed by atoms with Gasteiger partial charge < -0.3 is 10.4 Å². The van der Waals surface area contributed by atoms with E-state index in [1.54, 1.807) is 0 Å². The minimum absolute atomic E-state index is 0.0711. The fourth-order valence-electron chi connectivity index (χ4n) is 3.63. The molecule has 0 bridgehead atoms. The summed E-state index contributed by atoms with van der Waals surface area (Å²) in [6.45, 7) is 1.40. The van der Waals surface area contributed by atoms with Gasteiger partial charge in [0.25, 0.3) is 0 Å². The topological polar surface area (TPSA) is 76.6 Å². The van der Waals surface area contributed by atoms with Crippen LogP contribution in [0.25, 0.3) is 0 Å². The lowest BCUT2D eigenvalue weighted by atomic mass is 9.93. The van der Waals surface area contributed by atoms with Crippen molar-refractivity contribution in [2.75, 3.05) is 0 Å². The van der Waals surface area contributed by atoms with E-state index in [1.165, 1.54) is 6.92 Å². The number of alkyl halides is 3. The van der Waals surface area contributed by atoms with Gasteiger partial charge in [-0.25, -0.2) is 10.4 Å². The smallest absolute Gasteiger partial charge is 0.361 e. The summed E-state index contributed by atoms with van der Waals surface area (Å²) < 4.78 is 103. The summed E-state index contributed by atoms with van der Waals surface area (Å²) in [5, 5.41) is 15.4. The fourth-order valence-corrected chi connectivity index (χ4v) is 4.28. The molecule has 5 atom stereocenters. The first kappa shape index (κ1) is 23.0. The van der Waals surface area contributed by atoms with Crippen LogP contribution >= 0.6 is 10.2 Å². The summed E-state index contributed by atoms with van der Waals surface area (Å²) in [5.41, 5.74) is 2.59. The SMILES string of the molecule is CC(c1ccc(S(F)(F)(F)(F)F)cc1)N1NC(CC(F)(F)F)C2C(=O)NC(O)NC21. The van der Waals surface area contributed by atoms with Gasteiger partial charge in [0.15, 0.2) is 6.35 Å². The van der Waals surface area contributed by atoms with Crippen molar-refractivity contribution in [3.05, 3.63) is 29.8 Å². The molecule has 2 saturated heterocycles. The molecule has 1 aromatic carbocycles. The van der Waals surface area contributed by atoms with E-state index in [-0.39, 0.29) is 17.7 Å². The van der Waals surface area contributed by atoms with Crippen LogP contribution in [-0.4, -0.2) is 40.8 Å². The lowest BCUT2D eigenvalue weighted by Crippen LogP contribution is -2.64. The highest BCUT2D eigenvalue weighted by molar-refractivity contribution is 8.45. The highest BCUT2D eigenvalue weighted by Gasteiger charge is 2.65. The first-order chi connectivity index (χ1) is 13.4. The van der Waals surface area contributed by atoms with Gasteiger partial charge in [0.2, 0.25) is 5.91 Å². The summed E-state index contributed by atoms with van der Waals surface area (Å²) in [7, 11) is -9.87. The van der Waals surface area contributed by atoms with Crippen molar-refractivity contribution in [1.29, 1.82) is 0 Å². The van der Waals surface area contributed by atoms with Crippen LogP contribution in [0.4, 0.5) is 32.6 Å². The van der Waals surface area contributed by atoms with Gasteiger partial charge in [-0.3, -0.25) is 10.1 Å². The van der Waals surface area contributed by atoms with Crippen molar-refractivity contribution in [3.8, 4) is 0 Å². The number of benzene rings is 1. The molecular weight excluding hydrogens is 452 g/mol. The maximum absolute atomic E-state index is 12.9. The molecule has 0 spiro atoms. The second kappa shape index (κ2) is 6.41. The number of nitrogens with zero attached hydrogens (tertiary/aromatic N) is 1. The number of amides is 1. The van der Waals surface area contributed by atoms with Gasteiger partial charge in [0.1, 0.15) is 4.90 Å². The second-order valence-electron chi connectivity index (χ2n) is 7.22. The van der Waals surface area contributed by atoms with Gasteiger partial charge in [0.05, 0.1) is 18.5 Å². The number of carbonyl (C=O) groups excluding carboxylic acids is 1. The van der Waals surface area contributed by atoms with Crippen LogP contribution in [0.15, 0.2) is 29.2 Å². The molecule has 2 fully saturated rings. The highest BCUT2D eigenvalue weighted by atomic mass is 32.5. The Hall–Kier alpha value is -1.68. The molecule has 0 saturated carbocycles. The molecule has 1 aromatic rings. The van der Waals surface area contributed by atoms with E-state index in [9.17, 15) is 42.5 Å². The maximum Gasteiger partial charge on any atom is 0.390 e. The van der Waals surface area contributed by atoms with Crippen molar-refractivity contribution in [2.24, 2.45) is 5.92 Å². The van der Waals surface area contributed by atoms with Crippen LogP contribution in [0.5, 0.6) is 0 Å². The molecule has 2 aliphatic heterocycles. The zero-order valence-corrected chi connectivity index (χ0v) is 16.0. The Morgan fingerprint density at radius 3 is 2.20 bits per heavy atom. The van der Waals surface area contributed by atoms with Crippen molar-refractivity contribution >= 4 is 16.1 Å². The molecule has 3 rings (SSSR count). The molecule has 5 unspecified atom stereocenters. The first-order valence-electron chi connectivity index (χ1n) is 8.55. The van der Waals surface area contributed by atoms with Crippen LogP contribution in [0.2, 0.25) is 0 Å². The average Bonchev–Trinajstić information content (AvgIpc) is 2.88. The molecule has 0 aliphatic carbocycles. The molecule has 6 nitrogen and oxygen atoms in total. The van der Waals surface area contributed by atoms with Crippen LogP contribution < -0.4 is 16.1 Å². The van der Waals surface area contributed by atoms with Crippen molar-refractivity contribution < 1.29 is 42.5 Å². The third-order valence-electron chi connectivity index (χ3n) is 4.98. The van der Waals surface area contributed by atoms with Crippen LogP contribution in [0.1, 0.15) is 24.9 Å². The van der Waals surface area contributed by atoms with E-state index in [0.717, 1.165) is 17.1 Å². The average molecular weight is 470 g/mol. The van der Waals surface area contributed by atoms with Crippen LogP contribution in [0, 0.1) is 5.92 Å². The van der Waals surface area contributed by atoms with E-state index >= 15 is 0 Å². The monoisotopic (exact) mass is 470 g/mol. The van der Waals surface area contributed by atoms with Crippen LogP contribution in [0.3, 0.4) is 0 Å². The molecule has 30 heavy (non-hydrogen) atoms. The van der Waals surface area contributed by atoms with Crippen molar-refractivity contribution in [1.82, 2.24) is 21.1 Å². The number of aliphatic hydroxyl groups excluding tert-OH is 1. The number of carbonyl (C=O) groups is 1. The maximum atomic E-state index is 12.9. The molecule has 15 heteroatoms. The number of hydrogen-bond acceptors (Lipinski definition) is 5. The Labute approximate surface area is 165 Å². The summed E-state index contributed by atoms with van der Waals surface area (Å²) in [5.74, 6) is -2.12. The predicted octanol–water partition coefficient (Wildman–Crippen LogP) is 3.48. The number of hydrazine groups is 1. The van der Waals surface area contributed by atoms with Gasteiger partial charge in [-0.15, -0.1) is 0 Å². The van der Waals surface area contributed by atoms with Crippen molar-refractivity contribution in [3.63, 3.8) is 0 Å². The van der Waals surface area contributed by atoms with Crippen LogP contribution in [-0.2, 0) is 4.79 Å². The van der Waals surface area contributed by atoms with E-state index in [4.69, 9.17) is 0 Å². The van der Waals surface area contributed by atoms with E-state index in [2.05, 4.69) is 16.1 Å². The molecule has 0 aromatic heterocycles. The third-order valence-corrected chi connectivity index (χ3v) is 6.14. The molecular formula is C15H18F8N4O2S. The Balaban J connectivity index is 1.89. The zero-order chi connectivity index (χ0) is 22.8. The quantitative estimate of drug-likeness (QED) is 0.507. The number of aliphatic hydroxyl groups is 1. The van der Waals surface area contributed by atoms with Gasteiger partial charge in [-0.05, 0) is 24.6 Å². The van der Waals surface area contributed by atoms with Gasteiger partial charge in [-0.2, -0.15) is 13.2 Å². The molecule has 0 radical (unpaired) electrons. The normalized spacial score (nSPS) is 31.5.